The van der Waals surface area contributed by atoms with Crippen LogP contribution in [0.1, 0.15) is 32.1 Å². The van der Waals surface area contributed by atoms with Crippen LogP contribution in [0.15, 0.2) is 59.5 Å². The fraction of sp³-hybridized carbons (Fsp3) is 0.444. The van der Waals surface area contributed by atoms with Crippen molar-refractivity contribution in [3.63, 3.8) is 0 Å². The second kappa shape index (κ2) is 6.18. The number of fused-ring (bicyclic) bond motifs is 1. The molecule has 1 aromatic rings. The number of rotatable bonds is 2. The lowest BCUT2D eigenvalue weighted by molar-refractivity contribution is 0.297. The molecule has 3 atom stereocenters. The SMILES string of the molecule is O=S(=O)(c1ccccc1)C1C/C=C\CC2CC=CCC2C1. The van der Waals surface area contributed by atoms with Gasteiger partial charge in [-0.15, -0.1) is 0 Å². The Bertz CT molecular complexity index is 628. The number of hydrogen-bond donors (Lipinski definition) is 0. The normalized spacial score (nSPS) is 31.0. The highest BCUT2D eigenvalue weighted by Crippen LogP contribution is 2.37. The molecule has 0 saturated heterocycles. The van der Waals surface area contributed by atoms with Gasteiger partial charge in [0.25, 0.3) is 0 Å². The third-order valence-electron chi connectivity index (χ3n) is 4.79. The van der Waals surface area contributed by atoms with Crippen LogP contribution in [-0.4, -0.2) is 13.7 Å². The Balaban J connectivity index is 1.88. The highest BCUT2D eigenvalue weighted by atomic mass is 32.2. The first-order valence-corrected chi connectivity index (χ1v) is 9.31. The summed E-state index contributed by atoms with van der Waals surface area (Å²) in [5, 5.41) is -0.282. The van der Waals surface area contributed by atoms with Gasteiger partial charge in [-0.2, -0.15) is 0 Å². The molecule has 0 fully saturated rings. The van der Waals surface area contributed by atoms with Gasteiger partial charge in [0.05, 0.1) is 10.1 Å². The standard InChI is InChI=1S/C18H22O2S/c19-21(20,17-11-2-1-3-12-17)18-13-7-6-9-15-8-4-5-10-16(15)14-18/h1-7,11-12,15-16,18H,8-10,13-14H2/b7-6-. The molecule has 0 spiro atoms. The molecule has 3 heteroatoms. The third-order valence-corrected chi connectivity index (χ3v) is 6.98. The molecular formula is C18H22O2S. The van der Waals surface area contributed by atoms with Crippen molar-refractivity contribution in [2.24, 2.45) is 11.8 Å². The first kappa shape index (κ1) is 14.6. The molecule has 0 aliphatic heterocycles. The van der Waals surface area contributed by atoms with Gasteiger partial charge in [0.2, 0.25) is 0 Å². The largest absolute Gasteiger partial charge is 0.223 e. The van der Waals surface area contributed by atoms with Crippen molar-refractivity contribution in [2.45, 2.75) is 42.2 Å². The minimum absolute atomic E-state index is 0.282. The van der Waals surface area contributed by atoms with Gasteiger partial charge in [-0.25, -0.2) is 8.42 Å². The number of benzene rings is 1. The Labute approximate surface area is 127 Å². The zero-order valence-corrected chi connectivity index (χ0v) is 13.0. The molecule has 0 aromatic heterocycles. The van der Waals surface area contributed by atoms with Crippen LogP contribution in [0.3, 0.4) is 0 Å². The first-order valence-electron chi connectivity index (χ1n) is 7.77. The highest BCUT2D eigenvalue weighted by molar-refractivity contribution is 7.92. The second-order valence-corrected chi connectivity index (χ2v) is 8.35. The van der Waals surface area contributed by atoms with E-state index in [1.54, 1.807) is 24.3 Å². The average Bonchev–Trinajstić information content (AvgIpc) is 2.48. The Morgan fingerprint density at radius 3 is 2.00 bits per heavy atom. The summed E-state index contributed by atoms with van der Waals surface area (Å²) >= 11 is 0. The van der Waals surface area contributed by atoms with Crippen LogP contribution in [0, 0.1) is 11.8 Å². The van der Waals surface area contributed by atoms with Gasteiger partial charge in [0.1, 0.15) is 0 Å². The summed E-state index contributed by atoms with van der Waals surface area (Å²) in [5.41, 5.74) is 0. The summed E-state index contributed by atoms with van der Waals surface area (Å²) < 4.78 is 25.7. The summed E-state index contributed by atoms with van der Waals surface area (Å²) in [4.78, 5) is 0.465. The maximum atomic E-state index is 12.9. The zero-order chi connectivity index (χ0) is 14.7. The van der Waals surface area contributed by atoms with Crippen molar-refractivity contribution >= 4 is 9.84 Å². The molecule has 0 amide bonds. The predicted octanol–water partition coefficient (Wildman–Crippen LogP) is 4.15. The molecule has 3 unspecified atom stereocenters. The predicted molar refractivity (Wildman–Crippen MR) is 85.8 cm³/mol. The van der Waals surface area contributed by atoms with Crippen molar-refractivity contribution in [1.29, 1.82) is 0 Å². The maximum absolute atomic E-state index is 12.9. The maximum Gasteiger partial charge on any atom is 0.181 e. The van der Waals surface area contributed by atoms with Crippen molar-refractivity contribution < 1.29 is 8.42 Å². The van der Waals surface area contributed by atoms with Crippen molar-refractivity contribution in [2.75, 3.05) is 0 Å². The van der Waals surface area contributed by atoms with E-state index in [0.29, 0.717) is 23.2 Å². The van der Waals surface area contributed by atoms with Crippen LogP contribution in [0.25, 0.3) is 0 Å². The van der Waals surface area contributed by atoms with E-state index in [0.717, 1.165) is 25.7 Å². The Morgan fingerprint density at radius 1 is 0.762 bits per heavy atom. The number of allylic oxidation sites excluding steroid dienone is 4. The van der Waals surface area contributed by atoms with Crippen LogP contribution in [-0.2, 0) is 9.84 Å². The molecule has 3 rings (SSSR count). The van der Waals surface area contributed by atoms with E-state index in [4.69, 9.17) is 0 Å². The fourth-order valence-corrected chi connectivity index (χ4v) is 5.30. The van der Waals surface area contributed by atoms with E-state index in [2.05, 4.69) is 24.3 Å². The van der Waals surface area contributed by atoms with Gasteiger partial charge in [-0.1, -0.05) is 42.5 Å². The van der Waals surface area contributed by atoms with Crippen LogP contribution in [0.4, 0.5) is 0 Å². The number of hydrogen-bond acceptors (Lipinski definition) is 2. The van der Waals surface area contributed by atoms with Gasteiger partial charge in [0, 0.05) is 0 Å². The minimum Gasteiger partial charge on any atom is -0.223 e. The zero-order valence-electron chi connectivity index (χ0n) is 12.2. The number of sulfone groups is 1. The van der Waals surface area contributed by atoms with Crippen LogP contribution >= 0.6 is 0 Å². The lowest BCUT2D eigenvalue weighted by Gasteiger charge is -2.32. The molecule has 0 bridgehead atoms. The molecule has 0 radical (unpaired) electrons. The molecular weight excluding hydrogens is 280 g/mol. The van der Waals surface area contributed by atoms with Crippen molar-refractivity contribution in [3.05, 3.63) is 54.6 Å². The van der Waals surface area contributed by atoms with Crippen LogP contribution in [0.5, 0.6) is 0 Å². The molecule has 112 valence electrons. The summed E-state index contributed by atoms with van der Waals surface area (Å²) in [6.07, 6.45) is 13.4. The molecule has 0 N–H and O–H groups in total. The van der Waals surface area contributed by atoms with Gasteiger partial charge < -0.3 is 0 Å². The summed E-state index contributed by atoms with van der Waals surface area (Å²) in [6.45, 7) is 0. The molecule has 2 nitrogen and oxygen atoms in total. The molecule has 2 aliphatic carbocycles. The van der Waals surface area contributed by atoms with E-state index >= 15 is 0 Å². The van der Waals surface area contributed by atoms with E-state index in [1.807, 2.05) is 6.07 Å². The Kier molecular flexibility index (Phi) is 4.29. The van der Waals surface area contributed by atoms with Gasteiger partial charge in [-0.05, 0) is 56.1 Å². The van der Waals surface area contributed by atoms with Gasteiger partial charge in [-0.3, -0.25) is 0 Å². The Morgan fingerprint density at radius 2 is 1.33 bits per heavy atom. The first-order chi connectivity index (χ1) is 10.2. The lowest BCUT2D eigenvalue weighted by Crippen LogP contribution is -2.29. The van der Waals surface area contributed by atoms with E-state index in [-0.39, 0.29) is 5.25 Å². The third kappa shape index (κ3) is 3.13. The van der Waals surface area contributed by atoms with E-state index in [1.165, 1.54) is 0 Å². The van der Waals surface area contributed by atoms with Crippen LogP contribution < -0.4 is 0 Å². The smallest absolute Gasteiger partial charge is 0.181 e. The second-order valence-electron chi connectivity index (χ2n) is 6.12. The summed E-state index contributed by atoms with van der Waals surface area (Å²) in [7, 11) is -3.23. The molecule has 0 heterocycles. The van der Waals surface area contributed by atoms with Crippen molar-refractivity contribution in [3.8, 4) is 0 Å². The molecule has 21 heavy (non-hydrogen) atoms. The highest BCUT2D eigenvalue weighted by Gasteiger charge is 2.33. The van der Waals surface area contributed by atoms with Crippen molar-refractivity contribution in [1.82, 2.24) is 0 Å². The molecule has 0 saturated carbocycles. The van der Waals surface area contributed by atoms with Gasteiger partial charge >= 0.3 is 0 Å². The summed E-state index contributed by atoms with van der Waals surface area (Å²) in [6, 6.07) is 8.90. The van der Waals surface area contributed by atoms with Gasteiger partial charge in [0.15, 0.2) is 9.84 Å². The van der Waals surface area contributed by atoms with E-state index in [9.17, 15) is 8.42 Å². The summed E-state index contributed by atoms with van der Waals surface area (Å²) in [5.74, 6) is 1.11. The molecule has 2 aliphatic rings. The lowest BCUT2D eigenvalue weighted by atomic mass is 9.77. The average molecular weight is 302 g/mol. The minimum atomic E-state index is -3.23. The Hall–Kier alpha value is -1.35. The van der Waals surface area contributed by atoms with E-state index < -0.39 is 9.84 Å². The van der Waals surface area contributed by atoms with Crippen LogP contribution in [0.2, 0.25) is 0 Å². The molecule has 1 aromatic carbocycles. The fourth-order valence-electron chi connectivity index (χ4n) is 3.51. The quantitative estimate of drug-likeness (QED) is 0.769. The monoisotopic (exact) mass is 302 g/mol. The topological polar surface area (TPSA) is 34.1 Å².